The van der Waals surface area contributed by atoms with Crippen LogP contribution in [0.5, 0.6) is 0 Å². The van der Waals surface area contributed by atoms with Crippen molar-refractivity contribution >= 4 is 9.24 Å². The Labute approximate surface area is 106 Å². The lowest BCUT2D eigenvalue weighted by molar-refractivity contribution is 0.737. The number of benzene rings is 2. The summed E-state index contributed by atoms with van der Waals surface area (Å²) in [4.78, 5) is 0. The van der Waals surface area contributed by atoms with Crippen LogP contribution in [0, 0.1) is 6.92 Å². The van der Waals surface area contributed by atoms with Gasteiger partial charge in [0, 0.05) is 5.92 Å². The average Bonchev–Trinajstić information content (AvgIpc) is 2.38. The van der Waals surface area contributed by atoms with Crippen LogP contribution in [-0.4, -0.2) is 5.66 Å². The average molecular weight is 241 g/mol. The van der Waals surface area contributed by atoms with Gasteiger partial charge in [-0.15, -0.1) is 9.24 Å². The van der Waals surface area contributed by atoms with E-state index < -0.39 is 0 Å². The van der Waals surface area contributed by atoms with Crippen molar-refractivity contribution in [2.75, 3.05) is 0 Å². The molecular weight excluding hydrogens is 223 g/mol. The predicted molar refractivity (Wildman–Crippen MR) is 78.2 cm³/mol. The number of hydrogen-bond acceptors (Lipinski definition) is 0. The minimum absolute atomic E-state index is 0.375. The Morgan fingerprint density at radius 2 is 1.24 bits per heavy atom. The summed E-state index contributed by atoms with van der Waals surface area (Å²) in [5, 5.41) is 0. The Kier molecular flexibility index (Phi) is 4.34. The molecule has 87 valence electrons. The Bertz CT molecular complexity index is 394. The van der Waals surface area contributed by atoms with Crippen LogP contribution in [-0.2, 0) is 0 Å². The molecule has 0 amide bonds. The van der Waals surface area contributed by atoms with Crippen LogP contribution in [0.2, 0.25) is 0 Å². The van der Waals surface area contributed by atoms with Gasteiger partial charge in [0.05, 0.1) is 0 Å². The van der Waals surface area contributed by atoms with Gasteiger partial charge in [-0.3, -0.25) is 0 Å². The van der Waals surface area contributed by atoms with Crippen LogP contribution in [0.25, 0.3) is 0 Å². The van der Waals surface area contributed by atoms with Crippen molar-refractivity contribution in [3.05, 3.63) is 78.7 Å². The maximum Gasteiger partial charge on any atom is 0.00951 e. The van der Waals surface area contributed by atoms with Crippen LogP contribution in [0.1, 0.15) is 23.5 Å². The maximum absolute atomic E-state index is 4.09. The maximum atomic E-state index is 4.09. The van der Waals surface area contributed by atoms with Crippen molar-refractivity contribution in [3.63, 3.8) is 0 Å². The zero-order valence-electron chi connectivity index (χ0n) is 9.92. The van der Waals surface area contributed by atoms with Crippen molar-refractivity contribution in [3.8, 4) is 0 Å². The fraction of sp³-hybridized carbons (Fsp3) is 0.188. The molecule has 0 aliphatic carbocycles. The summed E-state index contributed by atoms with van der Waals surface area (Å²) in [6.07, 6.45) is 1.05. The minimum Gasteiger partial charge on any atom is -0.134 e. The molecule has 0 bridgehead atoms. The van der Waals surface area contributed by atoms with Crippen LogP contribution >= 0.6 is 9.24 Å². The monoisotopic (exact) mass is 241 g/mol. The van der Waals surface area contributed by atoms with Gasteiger partial charge in [-0.2, -0.15) is 0 Å². The highest BCUT2D eigenvalue weighted by atomic mass is 31.0. The Hall–Kier alpha value is -1.13. The van der Waals surface area contributed by atoms with E-state index in [1.54, 1.807) is 0 Å². The second kappa shape index (κ2) is 5.98. The summed E-state index contributed by atoms with van der Waals surface area (Å²) in [6.45, 7) is 4.09. The third-order valence-electron chi connectivity index (χ3n) is 2.94. The number of hydrogen-bond donors (Lipinski definition) is 0. The van der Waals surface area contributed by atoms with Gasteiger partial charge in [0.25, 0.3) is 0 Å². The number of rotatable bonds is 4. The normalized spacial score (nSPS) is 12.6. The van der Waals surface area contributed by atoms with Gasteiger partial charge in [-0.25, -0.2) is 0 Å². The lowest BCUT2D eigenvalue weighted by Crippen LogP contribution is -2.06. The quantitative estimate of drug-likeness (QED) is 0.701. The molecule has 0 fully saturated rings. The summed E-state index contributed by atoms with van der Waals surface area (Å²) in [5.41, 5.74) is 3.12. The first-order chi connectivity index (χ1) is 8.27. The van der Waals surface area contributed by atoms with Crippen LogP contribution < -0.4 is 0 Å². The molecule has 2 rings (SSSR count). The third-order valence-corrected chi connectivity index (χ3v) is 3.21. The fourth-order valence-electron chi connectivity index (χ4n) is 2.14. The molecule has 0 aliphatic heterocycles. The summed E-state index contributed by atoms with van der Waals surface area (Å²) in [6, 6.07) is 21.3. The second-order valence-corrected chi connectivity index (χ2v) is 5.31. The highest BCUT2D eigenvalue weighted by molar-refractivity contribution is 7.17. The van der Waals surface area contributed by atoms with Crippen molar-refractivity contribution < 1.29 is 0 Å². The largest absolute Gasteiger partial charge is 0.134 e. The highest BCUT2D eigenvalue weighted by Gasteiger charge is 2.14. The topological polar surface area (TPSA) is 0 Å². The van der Waals surface area contributed by atoms with Crippen molar-refractivity contribution in [2.45, 2.75) is 18.0 Å². The molecule has 2 aromatic carbocycles. The van der Waals surface area contributed by atoms with E-state index >= 15 is 0 Å². The first-order valence-electron chi connectivity index (χ1n) is 5.96. The summed E-state index contributed by atoms with van der Waals surface area (Å²) < 4.78 is 0. The lowest BCUT2D eigenvalue weighted by atomic mass is 9.87. The van der Waals surface area contributed by atoms with Gasteiger partial charge in [-0.05, 0) is 30.1 Å². The zero-order chi connectivity index (χ0) is 12.1. The molecule has 2 unspecified atom stereocenters. The Morgan fingerprint density at radius 1 is 0.824 bits per heavy atom. The van der Waals surface area contributed by atoms with E-state index in [0.29, 0.717) is 11.6 Å². The molecule has 1 radical (unpaired) electrons. The van der Waals surface area contributed by atoms with E-state index in [4.69, 9.17) is 0 Å². The Morgan fingerprint density at radius 3 is 1.59 bits per heavy atom. The first kappa shape index (κ1) is 12.3. The smallest absolute Gasteiger partial charge is 0.00951 e. The molecule has 0 nitrogen and oxygen atoms in total. The van der Waals surface area contributed by atoms with Gasteiger partial charge < -0.3 is 0 Å². The SMILES string of the molecule is [CH2]C(P)CC(c1ccccc1)c1ccccc1. The Balaban J connectivity index is 2.32. The first-order valence-corrected chi connectivity index (χ1v) is 6.62. The highest BCUT2D eigenvalue weighted by Crippen LogP contribution is 2.30. The molecule has 0 saturated heterocycles. The van der Waals surface area contributed by atoms with E-state index in [1.807, 2.05) is 0 Å². The van der Waals surface area contributed by atoms with Crippen molar-refractivity contribution in [1.82, 2.24) is 0 Å². The van der Waals surface area contributed by atoms with Crippen molar-refractivity contribution in [2.24, 2.45) is 0 Å². The van der Waals surface area contributed by atoms with Gasteiger partial charge in [0.1, 0.15) is 0 Å². The van der Waals surface area contributed by atoms with Gasteiger partial charge >= 0.3 is 0 Å². The molecule has 0 spiro atoms. The molecular formula is C16H18P. The minimum atomic E-state index is 0.375. The molecule has 2 atom stereocenters. The standard InChI is InChI=1S/C16H18P/c1-13(17)12-16(14-8-4-2-5-9-14)15-10-6-3-7-11-15/h2-11,13,16H,1,12,17H2. The fourth-order valence-corrected chi connectivity index (χ4v) is 2.41. The molecule has 2 aromatic rings. The molecule has 0 saturated carbocycles. The molecule has 0 heterocycles. The molecule has 17 heavy (non-hydrogen) atoms. The van der Waals surface area contributed by atoms with E-state index in [1.165, 1.54) is 11.1 Å². The van der Waals surface area contributed by atoms with E-state index in [9.17, 15) is 0 Å². The summed E-state index contributed by atoms with van der Waals surface area (Å²) in [5.74, 6) is 0.442. The third kappa shape index (κ3) is 3.41. The van der Waals surface area contributed by atoms with Gasteiger partial charge in [-0.1, -0.05) is 60.7 Å². The van der Waals surface area contributed by atoms with Crippen molar-refractivity contribution in [1.29, 1.82) is 0 Å². The lowest BCUT2D eigenvalue weighted by Gasteiger charge is -2.19. The van der Waals surface area contributed by atoms with E-state index in [-0.39, 0.29) is 0 Å². The molecule has 0 aromatic heterocycles. The van der Waals surface area contributed by atoms with Crippen LogP contribution in [0.4, 0.5) is 0 Å². The van der Waals surface area contributed by atoms with Gasteiger partial charge in [0.2, 0.25) is 0 Å². The molecule has 0 aliphatic rings. The van der Waals surface area contributed by atoms with Crippen LogP contribution in [0.3, 0.4) is 0 Å². The zero-order valence-corrected chi connectivity index (χ0v) is 11.1. The molecule has 0 N–H and O–H groups in total. The molecule has 1 heteroatoms. The predicted octanol–water partition coefficient (Wildman–Crippen LogP) is 4.29. The second-order valence-electron chi connectivity index (χ2n) is 4.37. The van der Waals surface area contributed by atoms with Gasteiger partial charge in [0.15, 0.2) is 0 Å². The van der Waals surface area contributed by atoms with E-state index in [0.717, 1.165) is 6.42 Å². The summed E-state index contributed by atoms with van der Waals surface area (Å²) in [7, 11) is 2.79. The van der Waals surface area contributed by atoms with E-state index in [2.05, 4.69) is 76.8 Å². The van der Waals surface area contributed by atoms with Crippen LogP contribution in [0.15, 0.2) is 60.7 Å². The summed E-state index contributed by atoms with van der Waals surface area (Å²) >= 11 is 0.